The minimum Gasteiger partial charge on any atom is -0.480 e. The lowest BCUT2D eigenvalue weighted by molar-refractivity contribution is -0.153. The number of hydrogen-bond acceptors (Lipinski definition) is 3. The van der Waals surface area contributed by atoms with E-state index in [9.17, 15) is 9.90 Å². The quantitative estimate of drug-likeness (QED) is 0.775. The van der Waals surface area contributed by atoms with Crippen LogP contribution >= 0.6 is 0 Å². The second-order valence-corrected chi connectivity index (χ2v) is 5.25. The highest BCUT2D eigenvalue weighted by Crippen LogP contribution is 2.36. The van der Waals surface area contributed by atoms with Gasteiger partial charge in [-0.1, -0.05) is 20.8 Å². The number of carbonyl (C=O) groups is 1. The Kier molecular flexibility index (Phi) is 4.95. The molecule has 0 aromatic heterocycles. The van der Waals surface area contributed by atoms with E-state index in [1.54, 1.807) is 7.11 Å². The van der Waals surface area contributed by atoms with Gasteiger partial charge in [-0.3, -0.25) is 9.69 Å². The van der Waals surface area contributed by atoms with Crippen molar-refractivity contribution >= 4 is 5.97 Å². The van der Waals surface area contributed by atoms with Crippen molar-refractivity contribution in [3.05, 3.63) is 0 Å². The molecule has 4 nitrogen and oxygen atoms in total. The lowest BCUT2D eigenvalue weighted by atomic mass is 9.90. The number of nitrogens with zero attached hydrogens (tertiary/aromatic N) is 1. The van der Waals surface area contributed by atoms with Crippen molar-refractivity contribution in [2.24, 2.45) is 5.92 Å². The van der Waals surface area contributed by atoms with Crippen LogP contribution in [0.4, 0.5) is 0 Å². The number of likely N-dealkylation sites (tertiary alicyclic amines) is 1. The first-order valence-electron chi connectivity index (χ1n) is 6.48. The van der Waals surface area contributed by atoms with Gasteiger partial charge in [0.05, 0.1) is 6.61 Å². The van der Waals surface area contributed by atoms with E-state index in [2.05, 4.69) is 18.7 Å². The third-order valence-corrected chi connectivity index (χ3v) is 4.03. The monoisotopic (exact) mass is 243 g/mol. The Morgan fingerprint density at radius 2 is 2.18 bits per heavy atom. The van der Waals surface area contributed by atoms with Gasteiger partial charge < -0.3 is 9.84 Å². The van der Waals surface area contributed by atoms with Gasteiger partial charge in [0.2, 0.25) is 0 Å². The zero-order valence-corrected chi connectivity index (χ0v) is 11.4. The van der Waals surface area contributed by atoms with E-state index in [-0.39, 0.29) is 6.04 Å². The van der Waals surface area contributed by atoms with E-state index in [0.29, 0.717) is 18.9 Å². The van der Waals surface area contributed by atoms with Crippen molar-refractivity contribution in [3.63, 3.8) is 0 Å². The molecule has 0 bridgehead atoms. The summed E-state index contributed by atoms with van der Waals surface area (Å²) in [6, 6.07) is 0.193. The third kappa shape index (κ3) is 2.63. The van der Waals surface area contributed by atoms with Gasteiger partial charge in [0.1, 0.15) is 5.54 Å². The average Bonchev–Trinajstić information content (AvgIpc) is 2.69. The molecule has 1 aliphatic rings. The Balaban J connectivity index is 2.96. The molecule has 4 heteroatoms. The summed E-state index contributed by atoms with van der Waals surface area (Å²) in [5.41, 5.74) is -0.673. The molecular formula is C13H25NO3. The zero-order valence-electron chi connectivity index (χ0n) is 11.4. The van der Waals surface area contributed by atoms with Gasteiger partial charge in [0.25, 0.3) is 0 Å². The number of methoxy groups -OCH3 is 1. The normalized spacial score (nSPS) is 27.6. The highest BCUT2D eigenvalue weighted by atomic mass is 16.5. The predicted octanol–water partition coefficient (Wildman–Crippen LogP) is 1.99. The highest BCUT2D eigenvalue weighted by Gasteiger charge is 2.49. The van der Waals surface area contributed by atoms with Gasteiger partial charge in [-0.05, 0) is 31.7 Å². The van der Waals surface area contributed by atoms with Crippen LogP contribution in [0, 0.1) is 5.92 Å². The topological polar surface area (TPSA) is 49.8 Å². The Bertz CT molecular complexity index is 267. The molecule has 1 N–H and O–H groups in total. The van der Waals surface area contributed by atoms with E-state index in [1.165, 1.54) is 0 Å². The van der Waals surface area contributed by atoms with Crippen LogP contribution in [-0.4, -0.2) is 47.8 Å². The molecule has 2 unspecified atom stereocenters. The van der Waals surface area contributed by atoms with Crippen LogP contribution in [-0.2, 0) is 9.53 Å². The molecule has 17 heavy (non-hydrogen) atoms. The number of carboxylic acids is 1. The number of ether oxygens (including phenoxy) is 1. The van der Waals surface area contributed by atoms with Gasteiger partial charge in [0.15, 0.2) is 0 Å². The minimum absolute atomic E-state index is 0.193. The third-order valence-electron chi connectivity index (χ3n) is 4.03. The first-order valence-corrected chi connectivity index (χ1v) is 6.48. The maximum absolute atomic E-state index is 11.6. The van der Waals surface area contributed by atoms with E-state index < -0.39 is 11.5 Å². The van der Waals surface area contributed by atoms with E-state index in [0.717, 1.165) is 19.4 Å². The number of carboxylic acid groups (broad SMARTS) is 1. The predicted molar refractivity (Wildman–Crippen MR) is 67.1 cm³/mol. The largest absolute Gasteiger partial charge is 0.480 e. The van der Waals surface area contributed by atoms with Crippen LogP contribution in [0.3, 0.4) is 0 Å². The summed E-state index contributed by atoms with van der Waals surface area (Å²) in [7, 11) is 1.68. The molecule has 0 saturated carbocycles. The Morgan fingerprint density at radius 1 is 1.53 bits per heavy atom. The van der Waals surface area contributed by atoms with Gasteiger partial charge in [-0.2, -0.15) is 0 Å². The Labute approximate surface area is 104 Å². The molecule has 0 amide bonds. The lowest BCUT2D eigenvalue weighted by Gasteiger charge is -2.41. The fraction of sp³-hybridized carbons (Fsp3) is 0.923. The van der Waals surface area contributed by atoms with Crippen molar-refractivity contribution in [2.75, 3.05) is 20.3 Å². The molecule has 1 aliphatic heterocycles. The molecule has 100 valence electrons. The number of hydrogen-bond donors (Lipinski definition) is 1. The summed E-state index contributed by atoms with van der Waals surface area (Å²) in [5, 5.41) is 9.55. The second kappa shape index (κ2) is 5.83. The molecule has 0 aromatic rings. The summed E-state index contributed by atoms with van der Waals surface area (Å²) in [6.45, 7) is 7.70. The SMILES string of the molecule is CCC1(C(=O)O)CCCN1C(COC)C(C)C. The summed E-state index contributed by atoms with van der Waals surface area (Å²) < 4.78 is 5.26. The fourth-order valence-electron chi connectivity index (χ4n) is 2.96. The Hall–Kier alpha value is -0.610. The molecule has 0 spiro atoms. The minimum atomic E-state index is -0.681. The maximum atomic E-state index is 11.6. The average molecular weight is 243 g/mol. The van der Waals surface area contributed by atoms with Crippen molar-refractivity contribution in [3.8, 4) is 0 Å². The van der Waals surface area contributed by atoms with Gasteiger partial charge >= 0.3 is 5.97 Å². The van der Waals surface area contributed by atoms with Crippen LogP contribution < -0.4 is 0 Å². The van der Waals surface area contributed by atoms with E-state index in [1.807, 2.05) is 6.92 Å². The first-order chi connectivity index (χ1) is 7.99. The van der Waals surface area contributed by atoms with Crippen LogP contribution in [0.2, 0.25) is 0 Å². The van der Waals surface area contributed by atoms with Crippen molar-refractivity contribution in [1.82, 2.24) is 4.90 Å². The molecule has 0 aliphatic carbocycles. The van der Waals surface area contributed by atoms with Crippen molar-refractivity contribution < 1.29 is 14.6 Å². The standard InChI is InChI=1S/C13H25NO3/c1-5-13(12(15)16)7-6-8-14(13)11(9-17-4)10(2)3/h10-11H,5-9H2,1-4H3,(H,15,16). The van der Waals surface area contributed by atoms with Gasteiger partial charge in [-0.25, -0.2) is 0 Å². The Morgan fingerprint density at radius 3 is 2.59 bits per heavy atom. The van der Waals surface area contributed by atoms with Crippen molar-refractivity contribution in [2.45, 2.75) is 51.6 Å². The summed E-state index contributed by atoms with van der Waals surface area (Å²) in [5.74, 6) is -0.280. The second-order valence-electron chi connectivity index (χ2n) is 5.25. The summed E-state index contributed by atoms with van der Waals surface area (Å²) >= 11 is 0. The van der Waals surface area contributed by atoms with E-state index in [4.69, 9.17) is 4.74 Å². The molecule has 2 atom stereocenters. The summed E-state index contributed by atoms with van der Waals surface area (Å²) in [4.78, 5) is 13.8. The molecule has 1 fully saturated rings. The first kappa shape index (κ1) is 14.5. The molecule has 1 heterocycles. The smallest absolute Gasteiger partial charge is 0.324 e. The summed E-state index contributed by atoms with van der Waals surface area (Å²) in [6.07, 6.45) is 2.38. The van der Waals surface area contributed by atoms with Gasteiger partial charge in [0, 0.05) is 13.2 Å². The molecular weight excluding hydrogens is 218 g/mol. The van der Waals surface area contributed by atoms with Crippen LogP contribution in [0.1, 0.15) is 40.0 Å². The molecule has 0 aromatic carbocycles. The highest BCUT2D eigenvalue weighted by molar-refractivity contribution is 5.79. The zero-order chi connectivity index (χ0) is 13.1. The fourth-order valence-corrected chi connectivity index (χ4v) is 2.96. The molecule has 1 rings (SSSR count). The maximum Gasteiger partial charge on any atom is 0.324 e. The van der Waals surface area contributed by atoms with Crippen LogP contribution in [0.25, 0.3) is 0 Å². The van der Waals surface area contributed by atoms with Crippen molar-refractivity contribution in [1.29, 1.82) is 0 Å². The molecule has 1 saturated heterocycles. The van der Waals surface area contributed by atoms with E-state index >= 15 is 0 Å². The number of rotatable bonds is 6. The van der Waals surface area contributed by atoms with Gasteiger partial charge in [-0.15, -0.1) is 0 Å². The van der Waals surface area contributed by atoms with Crippen LogP contribution in [0.15, 0.2) is 0 Å². The van der Waals surface area contributed by atoms with Crippen LogP contribution in [0.5, 0.6) is 0 Å². The number of aliphatic carboxylic acids is 1. The molecule has 0 radical (unpaired) electrons. The lowest BCUT2D eigenvalue weighted by Crippen LogP contribution is -2.57.